The molecule has 3 rings (SSSR count). The van der Waals surface area contributed by atoms with Crippen LogP contribution in [0.1, 0.15) is 30.3 Å². The molecule has 0 bridgehead atoms. The van der Waals surface area contributed by atoms with Gasteiger partial charge in [-0.1, -0.05) is 53.7 Å². The van der Waals surface area contributed by atoms with Gasteiger partial charge >= 0.3 is 0 Å². The van der Waals surface area contributed by atoms with Crippen molar-refractivity contribution in [3.63, 3.8) is 0 Å². The first-order valence-electron chi connectivity index (χ1n) is 8.23. The number of nitrogens with zero attached hydrogens (tertiary/aromatic N) is 2. The Bertz CT molecular complexity index is 886. The highest BCUT2D eigenvalue weighted by atomic mass is 35.5. The summed E-state index contributed by atoms with van der Waals surface area (Å²) in [7, 11) is 0. The Balaban J connectivity index is 1.68. The van der Waals surface area contributed by atoms with Gasteiger partial charge in [-0.25, -0.2) is 5.01 Å². The molecule has 2 aromatic rings. The first-order valence-corrected chi connectivity index (χ1v) is 9.48. The molecular formula is C19H18ClN3O3S. The summed E-state index contributed by atoms with van der Waals surface area (Å²) in [4.78, 5) is 23.1. The summed E-state index contributed by atoms with van der Waals surface area (Å²) in [5.74, 6) is 0.264. The number of rotatable bonds is 4. The fraction of sp³-hybridized carbons (Fsp3) is 0.211. The first kappa shape index (κ1) is 19.3. The average molecular weight is 404 g/mol. The third kappa shape index (κ3) is 4.81. The standard InChI is InChI=1S/C19H18ClN3O3S/c1-12(24)21-19-22-23(13(2)25)18(27-19)14-7-9-16(10-8-14)26-11-15-5-3-4-6-17(15)20/h3-10,18H,11H2,1-2H3,(H,21,22,24). The Labute approximate surface area is 166 Å². The number of thioether (sulfide) groups is 1. The lowest BCUT2D eigenvalue weighted by atomic mass is 10.2. The van der Waals surface area contributed by atoms with Gasteiger partial charge in [0.1, 0.15) is 17.7 Å². The average Bonchev–Trinajstić information content (AvgIpc) is 3.05. The molecule has 0 radical (unpaired) electrons. The number of nitrogens with one attached hydrogen (secondary N) is 1. The second kappa shape index (κ2) is 8.45. The van der Waals surface area contributed by atoms with Crippen LogP contribution in [0.5, 0.6) is 5.75 Å². The fourth-order valence-corrected chi connectivity index (χ4v) is 3.81. The van der Waals surface area contributed by atoms with Crippen molar-refractivity contribution in [1.29, 1.82) is 0 Å². The molecule has 1 atom stereocenters. The lowest BCUT2D eigenvalue weighted by molar-refractivity contribution is -0.129. The number of halogens is 1. The van der Waals surface area contributed by atoms with Crippen molar-refractivity contribution in [3.8, 4) is 5.75 Å². The van der Waals surface area contributed by atoms with Crippen molar-refractivity contribution in [2.24, 2.45) is 5.10 Å². The van der Waals surface area contributed by atoms with E-state index in [9.17, 15) is 9.59 Å². The van der Waals surface area contributed by atoms with Gasteiger partial charge in [-0.2, -0.15) is 0 Å². The van der Waals surface area contributed by atoms with Crippen molar-refractivity contribution < 1.29 is 14.3 Å². The summed E-state index contributed by atoms with van der Waals surface area (Å²) in [6.07, 6.45) is 0. The van der Waals surface area contributed by atoms with E-state index >= 15 is 0 Å². The lowest BCUT2D eigenvalue weighted by Gasteiger charge is -2.19. The zero-order valence-corrected chi connectivity index (χ0v) is 16.4. The molecule has 1 aliphatic heterocycles. The number of carbonyl (C=O) groups is 2. The van der Waals surface area contributed by atoms with Crippen LogP contribution in [0.2, 0.25) is 5.02 Å². The minimum absolute atomic E-state index is 0.202. The fourth-order valence-electron chi connectivity index (χ4n) is 2.48. The third-order valence-electron chi connectivity index (χ3n) is 3.77. The van der Waals surface area contributed by atoms with E-state index in [-0.39, 0.29) is 17.2 Å². The van der Waals surface area contributed by atoms with Crippen LogP contribution < -0.4 is 10.1 Å². The Morgan fingerprint density at radius 3 is 2.52 bits per heavy atom. The summed E-state index contributed by atoms with van der Waals surface area (Å²) < 4.78 is 5.78. The van der Waals surface area contributed by atoms with Crippen LogP contribution in [0.3, 0.4) is 0 Å². The summed E-state index contributed by atoms with van der Waals surface area (Å²) in [5.41, 5.74) is 1.79. The molecule has 27 heavy (non-hydrogen) atoms. The number of amides is 2. The summed E-state index contributed by atoms with van der Waals surface area (Å²) >= 11 is 7.45. The molecule has 0 saturated heterocycles. The molecule has 1 heterocycles. The zero-order valence-electron chi connectivity index (χ0n) is 14.8. The molecule has 0 aliphatic carbocycles. The Morgan fingerprint density at radius 1 is 1.19 bits per heavy atom. The minimum atomic E-state index is -0.332. The molecule has 1 unspecified atom stereocenters. The molecule has 140 valence electrons. The van der Waals surface area contributed by atoms with Gasteiger partial charge in [-0.3, -0.25) is 9.59 Å². The highest BCUT2D eigenvalue weighted by Crippen LogP contribution is 2.39. The van der Waals surface area contributed by atoms with Gasteiger partial charge in [0.15, 0.2) is 5.17 Å². The molecule has 0 spiro atoms. The van der Waals surface area contributed by atoms with Gasteiger partial charge in [-0.15, -0.1) is 5.10 Å². The van der Waals surface area contributed by atoms with Crippen LogP contribution in [-0.4, -0.2) is 22.0 Å². The summed E-state index contributed by atoms with van der Waals surface area (Å²) in [6, 6.07) is 14.9. The molecule has 0 fully saturated rings. The van der Waals surface area contributed by atoms with E-state index in [0.717, 1.165) is 11.1 Å². The number of benzene rings is 2. The molecule has 6 nitrogen and oxygen atoms in total. The molecule has 1 N–H and O–H groups in total. The van der Waals surface area contributed by atoms with Crippen LogP contribution in [0.15, 0.2) is 53.6 Å². The van der Waals surface area contributed by atoms with Gasteiger partial charge in [-0.05, 0) is 23.8 Å². The van der Waals surface area contributed by atoms with Crippen molar-refractivity contribution in [3.05, 3.63) is 64.7 Å². The van der Waals surface area contributed by atoms with Crippen molar-refractivity contribution in [2.45, 2.75) is 25.8 Å². The van der Waals surface area contributed by atoms with Crippen LogP contribution >= 0.6 is 23.4 Å². The number of hydrogen-bond donors (Lipinski definition) is 1. The molecule has 0 aromatic heterocycles. The summed E-state index contributed by atoms with van der Waals surface area (Å²) in [6.45, 7) is 3.21. The van der Waals surface area contributed by atoms with Gasteiger partial charge < -0.3 is 10.1 Å². The maximum Gasteiger partial charge on any atom is 0.241 e. The third-order valence-corrected chi connectivity index (χ3v) is 5.24. The second-order valence-electron chi connectivity index (χ2n) is 5.87. The first-order chi connectivity index (χ1) is 12.9. The largest absolute Gasteiger partial charge is 0.489 e. The number of hydrazone groups is 1. The van der Waals surface area contributed by atoms with Gasteiger partial charge in [0.25, 0.3) is 0 Å². The van der Waals surface area contributed by atoms with Gasteiger partial charge in [0.05, 0.1) is 0 Å². The van der Waals surface area contributed by atoms with E-state index in [0.29, 0.717) is 22.5 Å². The van der Waals surface area contributed by atoms with Crippen molar-refractivity contribution >= 4 is 40.3 Å². The monoisotopic (exact) mass is 403 g/mol. The lowest BCUT2D eigenvalue weighted by Crippen LogP contribution is -2.25. The topological polar surface area (TPSA) is 71.0 Å². The number of hydrogen-bond acceptors (Lipinski definition) is 5. The summed E-state index contributed by atoms with van der Waals surface area (Å²) in [5, 5.41) is 8.90. The highest BCUT2D eigenvalue weighted by molar-refractivity contribution is 8.14. The van der Waals surface area contributed by atoms with Crippen LogP contribution in [0, 0.1) is 0 Å². The quantitative estimate of drug-likeness (QED) is 0.839. The molecule has 1 aliphatic rings. The van der Waals surface area contributed by atoms with Crippen LogP contribution in [0.25, 0.3) is 0 Å². The molecular weight excluding hydrogens is 386 g/mol. The van der Waals surface area contributed by atoms with E-state index in [4.69, 9.17) is 16.3 Å². The molecule has 8 heteroatoms. The number of amidine groups is 1. The maximum absolute atomic E-state index is 11.9. The molecule has 2 amide bonds. The van der Waals surface area contributed by atoms with Crippen LogP contribution in [-0.2, 0) is 16.2 Å². The van der Waals surface area contributed by atoms with Gasteiger partial charge in [0, 0.05) is 24.4 Å². The van der Waals surface area contributed by atoms with E-state index in [1.807, 2.05) is 48.5 Å². The van der Waals surface area contributed by atoms with Crippen LogP contribution in [0.4, 0.5) is 0 Å². The minimum Gasteiger partial charge on any atom is -0.489 e. The highest BCUT2D eigenvalue weighted by Gasteiger charge is 2.32. The Hall–Kier alpha value is -2.51. The predicted molar refractivity (Wildman–Crippen MR) is 106 cm³/mol. The number of ether oxygens (including phenoxy) is 1. The SMILES string of the molecule is CC(=O)NC1=NN(C(C)=O)C(c2ccc(OCc3ccccc3Cl)cc2)S1. The van der Waals surface area contributed by atoms with Crippen molar-refractivity contribution in [2.75, 3.05) is 0 Å². The zero-order chi connectivity index (χ0) is 19.4. The second-order valence-corrected chi connectivity index (χ2v) is 7.35. The molecule has 0 saturated carbocycles. The van der Waals surface area contributed by atoms with E-state index < -0.39 is 0 Å². The molecule has 2 aromatic carbocycles. The Morgan fingerprint density at radius 2 is 1.89 bits per heavy atom. The normalized spacial score (nSPS) is 16.0. The smallest absolute Gasteiger partial charge is 0.241 e. The van der Waals surface area contributed by atoms with Gasteiger partial charge in [0.2, 0.25) is 11.8 Å². The van der Waals surface area contributed by atoms with E-state index in [2.05, 4.69) is 10.4 Å². The Kier molecular flexibility index (Phi) is 6.03. The maximum atomic E-state index is 11.9. The number of carbonyl (C=O) groups excluding carboxylic acids is 2. The van der Waals surface area contributed by atoms with E-state index in [1.54, 1.807) is 0 Å². The van der Waals surface area contributed by atoms with Crippen molar-refractivity contribution in [1.82, 2.24) is 10.3 Å². The van der Waals surface area contributed by atoms with E-state index in [1.165, 1.54) is 30.6 Å². The predicted octanol–water partition coefficient (Wildman–Crippen LogP) is 3.92.